The molecular weight excluding hydrogens is 372 g/mol. The van der Waals surface area contributed by atoms with Gasteiger partial charge in [0.15, 0.2) is 0 Å². The van der Waals surface area contributed by atoms with Gasteiger partial charge in [0.05, 0.1) is 18.8 Å². The molecule has 0 unspecified atom stereocenters. The third-order valence-corrected chi connectivity index (χ3v) is 6.19. The molecule has 2 aromatic rings. The normalized spacial score (nSPS) is 12.8. The number of hydrogen-bond acceptors (Lipinski definition) is 3. The first-order valence-corrected chi connectivity index (χ1v) is 11.2. The lowest BCUT2D eigenvalue weighted by atomic mass is 9.96. The predicted molar refractivity (Wildman–Crippen MR) is 114 cm³/mol. The van der Waals surface area contributed by atoms with E-state index in [1.165, 1.54) is 15.4 Å². The summed E-state index contributed by atoms with van der Waals surface area (Å²) < 4.78 is 25.6. The van der Waals surface area contributed by atoms with Crippen molar-refractivity contribution in [2.75, 3.05) is 12.8 Å². The Kier molecular flexibility index (Phi) is 7.01. The van der Waals surface area contributed by atoms with E-state index in [1.54, 1.807) is 0 Å². The van der Waals surface area contributed by atoms with Gasteiger partial charge in [-0.3, -0.25) is 4.79 Å². The minimum Gasteiger partial charge on any atom is -0.348 e. The first-order chi connectivity index (χ1) is 13.0. The van der Waals surface area contributed by atoms with Gasteiger partial charge in [0.2, 0.25) is 15.9 Å². The van der Waals surface area contributed by atoms with E-state index < -0.39 is 10.0 Å². The smallest absolute Gasteiger partial charge is 0.235 e. The van der Waals surface area contributed by atoms with Gasteiger partial charge in [0, 0.05) is 6.54 Å². The zero-order valence-corrected chi connectivity index (χ0v) is 18.4. The van der Waals surface area contributed by atoms with Crippen molar-refractivity contribution in [3.05, 3.63) is 69.8 Å². The van der Waals surface area contributed by atoms with E-state index in [-0.39, 0.29) is 25.0 Å². The van der Waals surface area contributed by atoms with Gasteiger partial charge in [0.25, 0.3) is 0 Å². The van der Waals surface area contributed by atoms with Gasteiger partial charge in [-0.25, -0.2) is 8.42 Å². The summed E-state index contributed by atoms with van der Waals surface area (Å²) in [5.41, 5.74) is 6.48. The molecule has 1 amide bonds. The number of aryl methyl sites for hydroxylation is 4. The van der Waals surface area contributed by atoms with Crippen LogP contribution in [0, 0.1) is 27.7 Å². The number of nitrogens with one attached hydrogen (secondary N) is 1. The highest BCUT2D eigenvalue weighted by molar-refractivity contribution is 7.88. The van der Waals surface area contributed by atoms with E-state index in [2.05, 4.69) is 24.4 Å². The van der Waals surface area contributed by atoms with E-state index in [9.17, 15) is 13.2 Å². The fraction of sp³-hybridized carbons (Fsp3) is 0.409. The summed E-state index contributed by atoms with van der Waals surface area (Å²) in [5, 5.41) is 2.94. The lowest BCUT2D eigenvalue weighted by Gasteiger charge is -2.22. The lowest BCUT2D eigenvalue weighted by Crippen LogP contribution is -2.40. The van der Waals surface area contributed by atoms with Crippen molar-refractivity contribution in [3.8, 4) is 0 Å². The number of carbonyl (C=O) groups excluding carboxylic acids is 1. The average Bonchev–Trinajstić information content (AvgIpc) is 2.58. The van der Waals surface area contributed by atoms with Crippen molar-refractivity contribution in [3.63, 3.8) is 0 Å². The topological polar surface area (TPSA) is 66.5 Å². The van der Waals surface area contributed by atoms with Gasteiger partial charge in [-0.15, -0.1) is 0 Å². The number of carbonyl (C=O) groups is 1. The Hall–Kier alpha value is -2.18. The highest BCUT2D eigenvalue weighted by Crippen LogP contribution is 2.21. The fourth-order valence-corrected chi connectivity index (χ4v) is 3.90. The van der Waals surface area contributed by atoms with Crippen LogP contribution in [0.25, 0.3) is 0 Å². The van der Waals surface area contributed by atoms with Crippen LogP contribution in [0.2, 0.25) is 0 Å². The molecular formula is C22H30N2O3S. The summed E-state index contributed by atoms with van der Waals surface area (Å²) in [4.78, 5) is 12.6. The SMILES string of the molecule is Cc1ccc(CN(CC(=O)N[C@H](C)c2cc(C)c(C)cc2C)S(C)(=O)=O)cc1. The molecule has 0 saturated carbocycles. The molecule has 0 bridgehead atoms. The van der Waals surface area contributed by atoms with Gasteiger partial charge >= 0.3 is 0 Å². The molecule has 0 aliphatic heterocycles. The zero-order chi connectivity index (χ0) is 21.1. The maximum atomic E-state index is 12.6. The van der Waals surface area contributed by atoms with Crippen LogP contribution >= 0.6 is 0 Å². The van der Waals surface area contributed by atoms with Crippen molar-refractivity contribution >= 4 is 15.9 Å². The number of benzene rings is 2. The van der Waals surface area contributed by atoms with Crippen molar-refractivity contribution in [2.45, 2.75) is 47.2 Å². The van der Waals surface area contributed by atoms with Crippen LogP contribution in [-0.2, 0) is 21.4 Å². The highest BCUT2D eigenvalue weighted by Gasteiger charge is 2.22. The first-order valence-electron chi connectivity index (χ1n) is 9.35. The standard InChI is InChI=1S/C22H30N2O3S/c1-15-7-9-20(10-8-15)13-24(28(6,26)27)14-22(25)23-19(5)21-12-17(3)16(2)11-18(21)4/h7-12,19H,13-14H2,1-6H3,(H,23,25)/t19-/m1/s1. The van der Waals surface area contributed by atoms with E-state index in [0.29, 0.717) is 0 Å². The number of sulfonamides is 1. The van der Waals surface area contributed by atoms with Gasteiger partial charge in [0.1, 0.15) is 0 Å². The Morgan fingerprint density at radius 2 is 1.57 bits per heavy atom. The molecule has 0 heterocycles. The van der Waals surface area contributed by atoms with Crippen molar-refractivity contribution in [2.24, 2.45) is 0 Å². The highest BCUT2D eigenvalue weighted by atomic mass is 32.2. The third-order valence-electron chi connectivity index (χ3n) is 4.99. The monoisotopic (exact) mass is 402 g/mol. The molecule has 152 valence electrons. The molecule has 2 rings (SSSR count). The molecule has 0 aliphatic rings. The van der Waals surface area contributed by atoms with E-state index >= 15 is 0 Å². The molecule has 5 nitrogen and oxygen atoms in total. The average molecular weight is 403 g/mol. The number of nitrogens with zero attached hydrogens (tertiary/aromatic N) is 1. The summed E-state index contributed by atoms with van der Waals surface area (Å²) >= 11 is 0. The van der Waals surface area contributed by atoms with Gasteiger partial charge in [-0.05, 0) is 62.4 Å². The Bertz CT molecular complexity index is 950. The van der Waals surface area contributed by atoms with Crippen molar-refractivity contribution in [1.29, 1.82) is 0 Å². The Balaban J connectivity index is 2.11. The van der Waals surface area contributed by atoms with E-state index in [1.807, 2.05) is 52.0 Å². The molecule has 0 radical (unpaired) electrons. The molecule has 0 aromatic heterocycles. The predicted octanol–water partition coefficient (Wildman–Crippen LogP) is 3.56. The molecule has 0 spiro atoms. The van der Waals surface area contributed by atoms with Crippen LogP contribution in [0.5, 0.6) is 0 Å². The lowest BCUT2D eigenvalue weighted by molar-refractivity contribution is -0.122. The molecule has 0 saturated heterocycles. The molecule has 0 fully saturated rings. The summed E-state index contributed by atoms with van der Waals surface area (Å²) in [6.07, 6.45) is 1.13. The third kappa shape index (κ3) is 5.91. The second-order valence-corrected chi connectivity index (χ2v) is 9.58. The Morgan fingerprint density at radius 3 is 2.14 bits per heavy atom. The minimum absolute atomic E-state index is 0.170. The summed E-state index contributed by atoms with van der Waals surface area (Å²) in [7, 11) is -3.52. The number of hydrogen-bond donors (Lipinski definition) is 1. The maximum Gasteiger partial charge on any atom is 0.235 e. The Morgan fingerprint density at radius 1 is 1.00 bits per heavy atom. The largest absolute Gasteiger partial charge is 0.348 e. The van der Waals surface area contributed by atoms with Gasteiger partial charge < -0.3 is 5.32 Å². The molecule has 2 aromatic carbocycles. The quantitative estimate of drug-likeness (QED) is 0.770. The Labute approximate surface area is 168 Å². The van der Waals surface area contributed by atoms with Crippen LogP contribution in [0.3, 0.4) is 0 Å². The molecule has 0 aliphatic carbocycles. The van der Waals surface area contributed by atoms with Crippen LogP contribution in [0.15, 0.2) is 36.4 Å². The second-order valence-electron chi connectivity index (χ2n) is 7.60. The summed E-state index contributed by atoms with van der Waals surface area (Å²) in [6, 6.07) is 11.6. The van der Waals surface area contributed by atoms with E-state index in [0.717, 1.165) is 28.5 Å². The van der Waals surface area contributed by atoms with Crippen LogP contribution in [-0.4, -0.2) is 31.4 Å². The molecule has 28 heavy (non-hydrogen) atoms. The first kappa shape index (κ1) is 22.1. The number of amides is 1. The van der Waals surface area contributed by atoms with Crippen molar-refractivity contribution < 1.29 is 13.2 Å². The van der Waals surface area contributed by atoms with Crippen molar-refractivity contribution in [1.82, 2.24) is 9.62 Å². The molecule has 1 atom stereocenters. The minimum atomic E-state index is -3.52. The fourth-order valence-electron chi connectivity index (χ4n) is 3.16. The number of rotatable bonds is 7. The van der Waals surface area contributed by atoms with Crippen LogP contribution in [0.4, 0.5) is 0 Å². The van der Waals surface area contributed by atoms with E-state index in [4.69, 9.17) is 0 Å². The van der Waals surface area contributed by atoms with Crippen LogP contribution < -0.4 is 5.32 Å². The van der Waals surface area contributed by atoms with Gasteiger partial charge in [-0.1, -0.05) is 42.0 Å². The summed E-state index contributed by atoms with van der Waals surface area (Å²) in [5.74, 6) is -0.317. The maximum absolute atomic E-state index is 12.6. The zero-order valence-electron chi connectivity index (χ0n) is 17.5. The second kappa shape index (κ2) is 8.88. The molecule has 1 N–H and O–H groups in total. The van der Waals surface area contributed by atoms with Gasteiger partial charge in [-0.2, -0.15) is 4.31 Å². The molecule has 6 heteroatoms. The summed E-state index contributed by atoms with van der Waals surface area (Å²) in [6.45, 7) is 9.97. The van der Waals surface area contributed by atoms with Crippen LogP contribution in [0.1, 0.15) is 46.3 Å².